The molecule has 0 atom stereocenters. The van der Waals surface area contributed by atoms with Crippen LogP contribution in [0.1, 0.15) is 13.8 Å². The van der Waals surface area contributed by atoms with Gasteiger partial charge in [0.05, 0.1) is 46.2 Å². The highest BCUT2D eigenvalue weighted by molar-refractivity contribution is 9.09. The molecule has 0 aromatic heterocycles. The summed E-state index contributed by atoms with van der Waals surface area (Å²) in [7, 11) is 0. The Labute approximate surface area is 113 Å². The molecule has 0 aliphatic carbocycles. The zero-order valence-corrected chi connectivity index (χ0v) is 12.5. The maximum Gasteiger partial charge on any atom is 0.0701 e. The van der Waals surface area contributed by atoms with Crippen molar-refractivity contribution in [2.45, 2.75) is 13.8 Å². The monoisotopic (exact) mass is 312 g/mol. The van der Waals surface area contributed by atoms with Gasteiger partial charge in [0.2, 0.25) is 0 Å². The molecule has 5 heteroatoms. The fraction of sp³-hybridized carbons (Fsp3) is 1.00. The average molecular weight is 313 g/mol. The van der Waals surface area contributed by atoms with Crippen molar-refractivity contribution in [3.8, 4) is 0 Å². The summed E-state index contributed by atoms with van der Waals surface area (Å²) in [6, 6.07) is 0. The number of hydrogen-bond acceptors (Lipinski definition) is 4. The Kier molecular flexibility index (Phi) is 14.7. The lowest BCUT2D eigenvalue weighted by molar-refractivity contribution is -0.00314. The lowest BCUT2D eigenvalue weighted by Gasteiger charge is -2.08. The van der Waals surface area contributed by atoms with E-state index in [1.165, 1.54) is 0 Å². The van der Waals surface area contributed by atoms with Crippen molar-refractivity contribution >= 4 is 15.9 Å². The van der Waals surface area contributed by atoms with Gasteiger partial charge >= 0.3 is 0 Å². The van der Waals surface area contributed by atoms with E-state index in [1.807, 2.05) is 0 Å². The molecular weight excluding hydrogens is 288 g/mol. The van der Waals surface area contributed by atoms with E-state index in [4.69, 9.17) is 18.9 Å². The minimum absolute atomic E-state index is 0.581. The van der Waals surface area contributed by atoms with Crippen LogP contribution >= 0.6 is 15.9 Å². The predicted octanol–water partition coefficient (Wildman–Crippen LogP) is 2.10. The molecule has 0 heterocycles. The molecule has 104 valence electrons. The van der Waals surface area contributed by atoms with Gasteiger partial charge in [-0.15, -0.1) is 0 Å². The molecule has 0 saturated carbocycles. The van der Waals surface area contributed by atoms with Gasteiger partial charge in [-0.1, -0.05) is 29.8 Å². The number of halogens is 1. The summed E-state index contributed by atoms with van der Waals surface area (Å²) in [5, 5.41) is 0.868. The SMILES string of the molecule is CC(C)COCCOCCOCCOCCBr. The average Bonchev–Trinajstić information content (AvgIpc) is 2.30. The van der Waals surface area contributed by atoms with Crippen LogP contribution in [0.5, 0.6) is 0 Å². The van der Waals surface area contributed by atoms with Crippen molar-refractivity contribution in [3.63, 3.8) is 0 Å². The molecule has 0 N–H and O–H groups in total. The molecular formula is C12H25BrO4. The Hall–Kier alpha value is 0.320. The predicted molar refractivity (Wildman–Crippen MR) is 71.9 cm³/mol. The first-order valence-corrected chi connectivity index (χ1v) is 7.26. The second-order valence-corrected chi connectivity index (χ2v) is 4.79. The maximum atomic E-state index is 5.38. The fourth-order valence-corrected chi connectivity index (χ4v) is 1.26. The lowest BCUT2D eigenvalue weighted by Crippen LogP contribution is -2.13. The van der Waals surface area contributed by atoms with E-state index in [2.05, 4.69) is 29.8 Å². The molecule has 4 nitrogen and oxygen atoms in total. The van der Waals surface area contributed by atoms with E-state index in [9.17, 15) is 0 Å². The smallest absolute Gasteiger partial charge is 0.0701 e. The first kappa shape index (κ1) is 17.3. The van der Waals surface area contributed by atoms with Crippen molar-refractivity contribution in [1.82, 2.24) is 0 Å². The molecule has 17 heavy (non-hydrogen) atoms. The van der Waals surface area contributed by atoms with E-state index < -0.39 is 0 Å². The van der Waals surface area contributed by atoms with E-state index in [0.717, 1.165) is 18.5 Å². The summed E-state index contributed by atoms with van der Waals surface area (Å²) in [6.07, 6.45) is 0. The van der Waals surface area contributed by atoms with E-state index in [-0.39, 0.29) is 0 Å². The van der Waals surface area contributed by atoms with Gasteiger partial charge in [0.25, 0.3) is 0 Å². The summed E-state index contributed by atoms with van der Waals surface area (Å²) in [6.45, 7) is 9.58. The Morgan fingerprint density at radius 2 is 1.12 bits per heavy atom. The second kappa shape index (κ2) is 14.4. The zero-order valence-electron chi connectivity index (χ0n) is 11.0. The highest BCUT2D eigenvalue weighted by atomic mass is 79.9. The number of alkyl halides is 1. The van der Waals surface area contributed by atoms with E-state index in [0.29, 0.717) is 45.6 Å². The van der Waals surface area contributed by atoms with Gasteiger partial charge in [-0.3, -0.25) is 0 Å². The van der Waals surface area contributed by atoms with Crippen LogP contribution in [-0.4, -0.2) is 58.2 Å². The first-order chi connectivity index (χ1) is 8.27. The molecule has 0 aliphatic rings. The molecule has 0 amide bonds. The topological polar surface area (TPSA) is 36.9 Å². The highest BCUT2D eigenvalue weighted by Crippen LogP contribution is 1.91. The summed E-state index contributed by atoms with van der Waals surface area (Å²) in [5.74, 6) is 0.581. The van der Waals surface area contributed by atoms with Gasteiger partial charge in [0, 0.05) is 11.9 Å². The van der Waals surface area contributed by atoms with Gasteiger partial charge in [0.1, 0.15) is 0 Å². The minimum atomic E-state index is 0.581. The van der Waals surface area contributed by atoms with Crippen molar-refractivity contribution in [2.24, 2.45) is 5.92 Å². The van der Waals surface area contributed by atoms with Crippen molar-refractivity contribution < 1.29 is 18.9 Å². The third kappa shape index (κ3) is 16.3. The van der Waals surface area contributed by atoms with Crippen LogP contribution < -0.4 is 0 Å². The van der Waals surface area contributed by atoms with Crippen LogP contribution in [0, 0.1) is 5.92 Å². The molecule has 0 saturated heterocycles. The Morgan fingerprint density at radius 1 is 0.706 bits per heavy atom. The molecule has 0 bridgehead atoms. The van der Waals surface area contributed by atoms with Gasteiger partial charge in [-0.25, -0.2) is 0 Å². The quantitative estimate of drug-likeness (QED) is 0.385. The normalized spacial score (nSPS) is 11.3. The van der Waals surface area contributed by atoms with Crippen LogP contribution in [0.4, 0.5) is 0 Å². The van der Waals surface area contributed by atoms with E-state index in [1.54, 1.807) is 0 Å². The second-order valence-electron chi connectivity index (χ2n) is 3.99. The third-order valence-electron chi connectivity index (χ3n) is 1.79. The van der Waals surface area contributed by atoms with Crippen LogP contribution in [0.2, 0.25) is 0 Å². The molecule has 0 rings (SSSR count). The van der Waals surface area contributed by atoms with Crippen LogP contribution in [-0.2, 0) is 18.9 Å². The number of ether oxygens (including phenoxy) is 4. The van der Waals surface area contributed by atoms with Crippen molar-refractivity contribution in [3.05, 3.63) is 0 Å². The fourth-order valence-electron chi connectivity index (χ4n) is 1.03. The molecule has 0 spiro atoms. The van der Waals surface area contributed by atoms with Crippen molar-refractivity contribution in [1.29, 1.82) is 0 Å². The van der Waals surface area contributed by atoms with Gasteiger partial charge < -0.3 is 18.9 Å². The van der Waals surface area contributed by atoms with Gasteiger partial charge in [-0.2, -0.15) is 0 Å². The van der Waals surface area contributed by atoms with Crippen LogP contribution in [0.25, 0.3) is 0 Å². The molecule has 0 aromatic rings. The summed E-state index contributed by atoms with van der Waals surface area (Å²) < 4.78 is 21.3. The highest BCUT2D eigenvalue weighted by Gasteiger charge is 1.94. The minimum Gasteiger partial charge on any atom is -0.379 e. The Balaban J connectivity index is 2.89. The standard InChI is InChI=1S/C12H25BrO4/c1-12(2)11-17-10-9-16-8-7-15-6-5-14-4-3-13/h12H,3-11H2,1-2H3. The summed E-state index contributed by atoms with van der Waals surface area (Å²) in [5.41, 5.74) is 0. The molecule has 0 fully saturated rings. The first-order valence-electron chi connectivity index (χ1n) is 6.14. The van der Waals surface area contributed by atoms with Crippen LogP contribution in [0.15, 0.2) is 0 Å². The molecule has 0 radical (unpaired) electrons. The van der Waals surface area contributed by atoms with E-state index >= 15 is 0 Å². The molecule has 0 aliphatic heterocycles. The summed E-state index contributed by atoms with van der Waals surface area (Å²) >= 11 is 3.28. The van der Waals surface area contributed by atoms with Gasteiger partial charge in [0.15, 0.2) is 0 Å². The summed E-state index contributed by atoms with van der Waals surface area (Å²) in [4.78, 5) is 0. The number of hydrogen-bond donors (Lipinski definition) is 0. The number of rotatable bonds is 13. The maximum absolute atomic E-state index is 5.38. The van der Waals surface area contributed by atoms with Crippen LogP contribution in [0.3, 0.4) is 0 Å². The Morgan fingerprint density at radius 3 is 1.53 bits per heavy atom. The third-order valence-corrected chi connectivity index (χ3v) is 2.11. The van der Waals surface area contributed by atoms with Gasteiger partial charge in [-0.05, 0) is 5.92 Å². The largest absolute Gasteiger partial charge is 0.379 e. The lowest BCUT2D eigenvalue weighted by atomic mass is 10.2. The zero-order chi connectivity index (χ0) is 12.8. The molecule has 0 aromatic carbocycles. The molecule has 0 unspecified atom stereocenters. The van der Waals surface area contributed by atoms with Crippen molar-refractivity contribution in [2.75, 3.05) is 58.2 Å². The Bertz CT molecular complexity index is 144.